The number of alkyl carbamates (subject to hydrolysis) is 1. The predicted octanol–water partition coefficient (Wildman–Crippen LogP) is 4.82. The van der Waals surface area contributed by atoms with Crippen LogP contribution in [0.4, 0.5) is 4.79 Å². The SMILES string of the molecule is O=C(NCCCC(=O)N1CCN(Cc2ccc(-c3noc(-c4cccs4)n3)cc2)CC1)OCc1ccccc1. The number of ether oxygens (including phenoxy) is 1. The molecule has 2 aromatic heterocycles. The fourth-order valence-electron chi connectivity index (χ4n) is 4.38. The van der Waals surface area contributed by atoms with Crippen LogP contribution in [0.3, 0.4) is 0 Å². The van der Waals surface area contributed by atoms with E-state index in [0.29, 0.717) is 44.2 Å². The lowest BCUT2D eigenvalue weighted by Crippen LogP contribution is -2.48. The molecule has 0 atom stereocenters. The number of nitrogens with zero attached hydrogens (tertiary/aromatic N) is 4. The maximum absolute atomic E-state index is 12.6. The van der Waals surface area contributed by atoms with Gasteiger partial charge in [0.05, 0.1) is 4.88 Å². The number of thiophene rings is 1. The van der Waals surface area contributed by atoms with E-state index in [1.54, 1.807) is 11.3 Å². The molecule has 1 aliphatic rings. The van der Waals surface area contributed by atoms with Crippen LogP contribution in [0.5, 0.6) is 0 Å². The van der Waals surface area contributed by atoms with Crippen LogP contribution in [-0.4, -0.2) is 64.7 Å². The smallest absolute Gasteiger partial charge is 0.407 e. The summed E-state index contributed by atoms with van der Waals surface area (Å²) in [7, 11) is 0. The van der Waals surface area contributed by atoms with Crippen molar-refractivity contribution in [2.75, 3.05) is 32.7 Å². The molecule has 1 fully saturated rings. The maximum atomic E-state index is 12.6. The predicted molar refractivity (Wildman–Crippen MR) is 149 cm³/mol. The van der Waals surface area contributed by atoms with Gasteiger partial charge in [-0.2, -0.15) is 4.98 Å². The summed E-state index contributed by atoms with van der Waals surface area (Å²) in [5.74, 6) is 1.24. The third kappa shape index (κ3) is 7.52. The number of amides is 2. The first-order chi connectivity index (χ1) is 19.1. The Kier molecular flexibility index (Phi) is 8.97. The molecule has 0 spiro atoms. The van der Waals surface area contributed by atoms with E-state index in [1.165, 1.54) is 5.56 Å². The van der Waals surface area contributed by atoms with Gasteiger partial charge >= 0.3 is 6.09 Å². The van der Waals surface area contributed by atoms with E-state index in [-0.39, 0.29) is 12.5 Å². The average Bonchev–Trinajstić information content (AvgIpc) is 3.68. The van der Waals surface area contributed by atoms with E-state index in [2.05, 4.69) is 32.5 Å². The van der Waals surface area contributed by atoms with Crippen molar-refractivity contribution in [3.8, 4) is 22.2 Å². The van der Waals surface area contributed by atoms with Crippen LogP contribution in [0.15, 0.2) is 76.6 Å². The van der Waals surface area contributed by atoms with Crippen LogP contribution >= 0.6 is 11.3 Å². The first kappa shape index (κ1) is 26.6. The van der Waals surface area contributed by atoms with Crippen LogP contribution in [0.1, 0.15) is 24.0 Å². The van der Waals surface area contributed by atoms with Crippen molar-refractivity contribution in [2.45, 2.75) is 26.0 Å². The number of nitrogens with one attached hydrogen (secondary N) is 1. The fourth-order valence-corrected chi connectivity index (χ4v) is 5.02. The monoisotopic (exact) mass is 545 g/mol. The van der Waals surface area contributed by atoms with Gasteiger partial charge in [0.2, 0.25) is 11.7 Å². The summed E-state index contributed by atoms with van der Waals surface area (Å²) >= 11 is 1.57. The topological polar surface area (TPSA) is 101 Å². The molecule has 202 valence electrons. The molecular weight excluding hydrogens is 514 g/mol. The molecule has 0 aliphatic carbocycles. The Hall–Kier alpha value is -4.02. The fraction of sp³-hybridized carbons (Fsp3) is 0.310. The Balaban J connectivity index is 0.983. The third-order valence-corrected chi connectivity index (χ3v) is 7.41. The van der Waals surface area contributed by atoms with Crippen molar-refractivity contribution >= 4 is 23.3 Å². The van der Waals surface area contributed by atoms with E-state index < -0.39 is 6.09 Å². The molecular formula is C29H31N5O4S. The highest BCUT2D eigenvalue weighted by Crippen LogP contribution is 2.26. The van der Waals surface area contributed by atoms with E-state index in [0.717, 1.165) is 35.6 Å². The molecule has 9 nitrogen and oxygen atoms in total. The van der Waals surface area contributed by atoms with Crippen LogP contribution in [0.25, 0.3) is 22.2 Å². The van der Waals surface area contributed by atoms with Gasteiger partial charge in [-0.3, -0.25) is 9.69 Å². The molecule has 0 saturated carbocycles. The molecule has 2 aromatic carbocycles. The van der Waals surface area contributed by atoms with E-state index >= 15 is 0 Å². The molecule has 1 saturated heterocycles. The highest BCUT2D eigenvalue weighted by atomic mass is 32.1. The van der Waals surface area contributed by atoms with Crippen molar-refractivity contribution in [3.63, 3.8) is 0 Å². The zero-order valence-electron chi connectivity index (χ0n) is 21.6. The summed E-state index contributed by atoms with van der Waals surface area (Å²) in [6.45, 7) is 4.53. The largest absolute Gasteiger partial charge is 0.445 e. The van der Waals surface area contributed by atoms with Crippen molar-refractivity contribution in [1.82, 2.24) is 25.3 Å². The summed E-state index contributed by atoms with van der Waals surface area (Å²) in [4.78, 5) is 34.2. The first-order valence-electron chi connectivity index (χ1n) is 13.1. The second-order valence-electron chi connectivity index (χ2n) is 9.35. The zero-order valence-corrected chi connectivity index (χ0v) is 22.4. The van der Waals surface area contributed by atoms with E-state index in [4.69, 9.17) is 9.26 Å². The van der Waals surface area contributed by atoms with E-state index in [9.17, 15) is 9.59 Å². The number of carbonyl (C=O) groups is 2. The minimum atomic E-state index is -0.464. The molecule has 1 aliphatic heterocycles. The van der Waals surface area contributed by atoms with Crippen LogP contribution < -0.4 is 5.32 Å². The van der Waals surface area contributed by atoms with Gasteiger partial charge in [-0.15, -0.1) is 11.3 Å². The minimum absolute atomic E-state index is 0.125. The van der Waals surface area contributed by atoms with Crippen LogP contribution in [0, 0.1) is 0 Å². The number of hydrogen-bond acceptors (Lipinski definition) is 8. The lowest BCUT2D eigenvalue weighted by atomic mass is 10.1. The number of rotatable bonds is 10. The molecule has 0 radical (unpaired) electrons. The highest BCUT2D eigenvalue weighted by Gasteiger charge is 2.21. The Labute approximate surface area is 231 Å². The molecule has 3 heterocycles. The van der Waals surface area contributed by atoms with Crippen molar-refractivity contribution in [3.05, 3.63) is 83.2 Å². The Morgan fingerprint density at radius 2 is 1.74 bits per heavy atom. The number of aromatic nitrogens is 2. The molecule has 0 unspecified atom stereocenters. The van der Waals surface area contributed by atoms with Gasteiger partial charge in [-0.05, 0) is 29.0 Å². The Morgan fingerprint density at radius 3 is 2.49 bits per heavy atom. The van der Waals surface area contributed by atoms with E-state index in [1.807, 2.05) is 64.9 Å². The van der Waals surface area contributed by atoms with Gasteiger partial charge in [-0.1, -0.05) is 65.8 Å². The van der Waals surface area contributed by atoms with Crippen molar-refractivity contribution in [2.24, 2.45) is 0 Å². The van der Waals surface area contributed by atoms with Crippen molar-refractivity contribution in [1.29, 1.82) is 0 Å². The Bertz CT molecular complexity index is 1330. The molecule has 39 heavy (non-hydrogen) atoms. The molecule has 0 bridgehead atoms. The van der Waals surface area contributed by atoms with Gasteiger partial charge in [0, 0.05) is 51.3 Å². The summed E-state index contributed by atoms with van der Waals surface area (Å²) in [5.41, 5.74) is 3.05. The molecule has 10 heteroatoms. The number of benzene rings is 2. The second-order valence-corrected chi connectivity index (χ2v) is 10.3. The van der Waals surface area contributed by atoms with Gasteiger partial charge < -0.3 is 19.5 Å². The zero-order chi connectivity index (χ0) is 26.9. The average molecular weight is 546 g/mol. The summed E-state index contributed by atoms with van der Waals surface area (Å²) in [6, 6.07) is 21.7. The summed E-state index contributed by atoms with van der Waals surface area (Å²) < 4.78 is 10.6. The van der Waals surface area contributed by atoms with Crippen molar-refractivity contribution < 1.29 is 18.8 Å². The molecule has 5 rings (SSSR count). The van der Waals surface area contributed by atoms with Crippen LogP contribution in [0.2, 0.25) is 0 Å². The molecule has 2 amide bonds. The Morgan fingerprint density at radius 1 is 0.949 bits per heavy atom. The third-order valence-electron chi connectivity index (χ3n) is 6.55. The molecule has 1 N–H and O–H groups in total. The lowest BCUT2D eigenvalue weighted by molar-refractivity contribution is -0.133. The quantitative estimate of drug-likeness (QED) is 0.285. The van der Waals surface area contributed by atoms with Crippen LogP contribution in [-0.2, 0) is 22.7 Å². The number of carbonyl (C=O) groups excluding carboxylic acids is 2. The van der Waals surface area contributed by atoms with Gasteiger partial charge in [0.15, 0.2) is 0 Å². The van der Waals surface area contributed by atoms with Gasteiger partial charge in [0.1, 0.15) is 6.61 Å². The lowest BCUT2D eigenvalue weighted by Gasteiger charge is -2.34. The highest BCUT2D eigenvalue weighted by molar-refractivity contribution is 7.13. The minimum Gasteiger partial charge on any atom is -0.445 e. The second kappa shape index (κ2) is 13.2. The molecule has 4 aromatic rings. The summed E-state index contributed by atoms with van der Waals surface area (Å²) in [5, 5.41) is 8.81. The first-order valence-corrected chi connectivity index (χ1v) is 13.9. The standard InChI is InChI=1S/C29H31N5O4S/c35-26(9-4-14-30-29(36)37-21-23-6-2-1-3-7-23)34-17-15-33(16-18-34)20-22-10-12-24(13-11-22)27-31-28(38-32-27)25-8-5-19-39-25/h1-3,5-8,10-13,19H,4,9,14-18,20-21H2,(H,30,36). The number of hydrogen-bond donors (Lipinski definition) is 1. The number of piperazine rings is 1. The normalized spacial score (nSPS) is 13.8. The van der Waals surface area contributed by atoms with Gasteiger partial charge in [0.25, 0.3) is 5.89 Å². The maximum Gasteiger partial charge on any atom is 0.407 e. The van der Waals surface area contributed by atoms with Gasteiger partial charge in [-0.25, -0.2) is 4.79 Å². The summed E-state index contributed by atoms with van der Waals surface area (Å²) in [6.07, 6.45) is 0.527.